The fourth-order valence-corrected chi connectivity index (χ4v) is 3.05. The number of rotatable bonds is 6. The van der Waals surface area contributed by atoms with Gasteiger partial charge in [0.2, 0.25) is 0 Å². The van der Waals surface area contributed by atoms with Crippen LogP contribution in [0.25, 0.3) is 0 Å². The van der Waals surface area contributed by atoms with Crippen molar-refractivity contribution < 1.29 is 9.53 Å². The first kappa shape index (κ1) is 18.4. The van der Waals surface area contributed by atoms with Crippen LogP contribution in [0.2, 0.25) is 0 Å². The second kappa shape index (κ2) is 8.80. The molecule has 0 aliphatic rings. The number of nitrogens with zero attached hydrogens (tertiary/aromatic N) is 2. The van der Waals surface area contributed by atoms with Gasteiger partial charge in [-0.05, 0) is 64.6 Å². The average Bonchev–Trinajstić information content (AvgIpc) is 2.69. The SMILES string of the molecule is CN(C(=O)COc1ccc(I)cc1)C(c1ccccc1)c1ccccn1. The molecule has 1 heterocycles. The topological polar surface area (TPSA) is 42.4 Å². The highest BCUT2D eigenvalue weighted by Gasteiger charge is 2.24. The summed E-state index contributed by atoms with van der Waals surface area (Å²) in [5, 5.41) is 0. The van der Waals surface area contributed by atoms with Gasteiger partial charge in [0.1, 0.15) is 5.75 Å². The van der Waals surface area contributed by atoms with Crippen LogP contribution in [0.15, 0.2) is 79.0 Å². The molecule has 1 atom stereocenters. The molecule has 3 rings (SSSR count). The van der Waals surface area contributed by atoms with Gasteiger partial charge >= 0.3 is 0 Å². The van der Waals surface area contributed by atoms with Crippen LogP contribution in [0.3, 0.4) is 0 Å². The van der Waals surface area contributed by atoms with Gasteiger partial charge in [0, 0.05) is 16.8 Å². The predicted molar refractivity (Wildman–Crippen MR) is 110 cm³/mol. The van der Waals surface area contributed by atoms with E-state index in [0.29, 0.717) is 5.75 Å². The molecule has 132 valence electrons. The summed E-state index contributed by atoms with van der Waals surface area (Å²) in [7, 11) is 1.78. The number of hydrogen-bond acceptors (Lipinski definition) is 3. The molecule has 0 bridgehead atoms. The molecule has 1 amide bonds. The van der Waals surface area contributed by atoms with Crippen molar-refractivity contribution in [2.24, 2.45) is 0 Å². The molecule has 0 radical (unpaired) electrons. The molecular weight excluding hydrogens is 439 g/mol. The second-order valence-corrected chi connectivity index (χ2v) is 7.06. The molecule has 2 aromatic carbocycles. The summed E-state index contributed by atoms with van der Waals surface area (Å²) in [6, 6.07) is 23.0. The minimum Gasteiger partial charge on any atom is -0.484 e. The first-order valence-electron chi connectivity index (χ1n) is 8.25. The molecule has 0 fully saturated rings. The smallest absolute Gasteiger partial charge is 0.261 e. The van der Waals surface area contributed by atoms with E-state index in [1.807, 2.05) is 72.8 Å². The monoisotopic (exact) mass is 458 g/mol. The van der Waals surface area contributed by atoms with Gasteiger partial charge in [0.05, 0.1) is 11.7 Å². The Labute approximate surface area is 167 Å². The third kappa shape index (κ3) is 4.60. The Morgan fingerprint density at radius 3 is 2.38 bits per heavy atom. The van der Waals surface area contributed by atoms with Crippen molar-refractivity contribution in [2.45, 2.75) is 6.04 Å². The van der Waals surface area contributed by atoms with Crippen LogP contribution >= 0.6 is 22.6 Å². The molecule has 1 aromatic heterocycles. The van der Waals surface area contributed by atoms with Gasteiger partial charge in [-0.2, -0.15) is 0 Å². The number of amides is 1. The third-order valence-electron chi connectivity index (χ3n) is 4.04. The lowest BCUT2D eigenvalue weighted by Crippen LogP contribution is -2.35. The van der Waals surface area contributed by atoms with Crippen molar-refractivity contribution in [3.05, 3.63) is 93.8 Å². The van der Waals surface area contributed by atoms with Crippen molar-refractivity contribution in [1.82, 2.24) is 9.88 Å². The highest BCUT2D eigenvalue weighted by atomic mass is 127. The number of aromatic nitrogens is 1. The quantitative estimate of drug-likeness (QED) is 0.517. The Morgan fingerprint density at radius 2 is 1.73 bits per heavy atom. The van der Waals surface area contributed by atoms with Gasteiger partial charge in [-0.15, -0.1) is 0 Å². The number of carbonyl (C=O) groups is 1. The minimum absolute atomic E-state index is 0.0206. The highest BCUT2D eigenvalue weighted by molar-refractivity contribution is 14.1. The van der Waals surface area contributed by atoms with Crippen molar-refractivity contribution >= 4 is 28.5 Å². The van der Waals surface area contributed by atoms with Crippen LogP contribution in [0.1, 0.15) is 17.3 Å². The van der Waals surface area contributed by atoms with Gasteiger partial charge < -0.3 is 9.64 Å². The molecule has 0 aliphatic carbocycles. The van der Waals surface area contributed by atoms with E-state index in [1.54, 1.807) is 18.1 Å². The predicted octanol–water partition coefficient (Wildman–Crippen LogP) is 4.31. The molecule has 0 N–H and O–H groups in total. The summed E-state index contributed by atoms with van der Waals surface area (Å²) in [6.45, 7) is -0.0206. The fourth-order valence-electron chi connectivity index (χ4n) is 2.69. The summed E-state index contributed by atoms with van der Waals surface area (Å²) >= 11 is 2.23. The first-order valence-corrected chi connectivity index (χ1v) is 9.33. The molecule has 26 heavy (non-hydrogen) atoms. The van der Waals surface area contributed by atoms with E-state index in [4.69, 9.17) is 4.74 Å². The van der Waals surface area contributed by atoms with E-state index in [1.165, 1.54) is 0 Å². The summed E-state index contributed by atoms with van der Waals surface area (Å²) in [5.74, 6) is 0.573. The number of carbonyl (C=O) groups excluding carboxylic acids is 1. The summed E-state index contributed by atoms with van der Waals surface area (Å²) < 4.78 is 6.77. The fraction of sp³-hybridized carbons (Fsp3) is 0.143. The lowest BCUT2D eigenvalue weighted by atomic mass is 10.0. The molecule has 0 saturated carbocycles. The average molecular weight is 458 g/mol. The number of halogens is 1. The van der Waals surface area contributed by atoms with E-state index in [-0.39, 0.29) is 18.6 Å². The van der Waals surface area contributed by atoms with Crippen LogP contribution in [-0.2, 0) is 4.79 Å². The molecule has 3 aromatic rings. The van der Waals surface area contributed by atoms with Crippen LogP contribution in [0.5, 0.6) is 5.75 Å². The molecule has 0 spiro atoms. The van der Waals surface area contributed by atoms with Crippen molar-refractivity contribution in [2.75, 3.05) is 13.7 Å². The van der Waals surface area contributed by atoms with E-state index >= 15 is 0 Å². The minimum atomic E-state index is -0.259. The zero-order valence-electron chi connectivity index (χ0n) is 14.4. The van der Waals surface area contributed by atoms with Crippen LogP contribution in [0.4, 0.5) is 0 Å². The number of pyridine rings is 1. The van der Waals surface area contributed by atoms with Crippen molar-refractivity contribution in [3.8, 4) is 5.75 Å². The van der Waals surface area contributed by atoms with Gasteiger partial charge in [-0.25, -0.2) is 0 Å². The van der Waals surface area contributed by atoms with E-state index < -0.39 is 0 Å². The summed E-state index contributed by atoms with van der Waals surface area (Å²) in [5.41, 5.74) is 1.83. The van der Waals surface area contributed by atoms with Gasteiger partial charge in [-0.1, -0.05) is 36.4 Å². The van der Waals surface area contributed by atoms with Crippen molar-refractivity contribution in [1.29, 1.82) is 0 Å². The first-order chi connectivity index (χ1) is 12.6. The molecule has 1 unspecified atom stereocenters. The second-order valence-electron chi connectivity index (χ2n) is 5.82. The zero-order valence-corrected chi connectivity index (χ0v) is 16.5. The molecule has 5 heteroatoms. The van der Waals surface area contributed by atoms with E-state index in [9.17, 15) is 4.79 Å². The Balaban J connectivity index is 1.77. The Bertz CT molecular complexity index is 799. The Kier molecular flexibility index (Phi) is 6.22. The van der Waals surface area contributed by atoms with Crippen LogP contribution < -0.4 is 4.74 Å². The number of benzene rings is 2. The maximum Gasteiger partial charge on any atom is 0.261 e. The maximum atomic E-state index is 12.7. The van der Waals surface area contributed by atoms with Crippen LogP contribution in [-0.4, -0.2) is 29.4 Å². The molecule has 0 aliphatic heterocycles. The van der Waals surface area contributed by atoms with Gasteiger partial charge in [0.25, 0.3) is 5.91 Å². The molecule has 0 saturated heterocycles. The van der Waals surface area contributed by atoms with Crippen LogP contribution in [0, 0.1) is 3.57 Å². The largest absolute Gasteiger partial charge is 0.484 e. The lowest BCUT2D eigenvalue weighted by Gasteiger charge is -2.28. The molecular formula is C21H19IN2O2. The van der Waals surface area contributed by atoms with E-state index in [2.05, 4.69) is 27.6 Å². The number of ether oxygens (including phenoxy) is 1. The normalized spacial score (nSPS) is 11.6. The molecule has 4 nitrogen and oxygen atoms in total. The standard InChI is InChI=1S/C21H19IN2O2/c1-24(20(25)15-26-18-12-10-17(22)11-13-18)21(16-7-3-2-4-8-16)19-9-5-6-14-23-19/h2-14,21H,15H2,1H3. The third-order valence-corrected chi connectivity index (χ3v) is 4.76. The number of hydrogen-bond donors (Lipinski definition) is 0. The zero-order chi connectivity index (χ0) is 18.4. The summed E-state index contributed by atoms with van der Waals surface area (Å²) in [6.07, 6.45) is 1.74. The van der Waals surface area contributed by atoms with Gasteiger partial charge in [-0.3, -0.25) is 9.78 Å². The van der Waals surface area contributed by atoms with E-state index in [0.717, 1.165) is 14.8 Å². The Hall–Kier alpha value is -2.41. The summed E-state index contributed by atoms with van der Waals surface area (Å²) in [4.78, 5) is 18.9. The maximum absolute atomic E-state index is 12.7. The highest BCUT2D eigenvalue weighted by Crippen LogP contribution is 2.26. The number of likely N-dealkylation sites (N-methyl/N-ethyl adjacent to an activating group) is 1. The Morgan fingerprint density at radius 1 is 1.04 bits per heavy atom. The van der Waals surface area contributed by atoms with Crippen molar-refractivity contribution in [3.63, 3.8) is 0 Å². The van der Waals surface area contributed by atoms with Gasteiger partial charge in [0.15, 0.2) is 6.61 Å². The lowest BCUT2D eigenvalue weighted by molar-refractivity contribution is -0.133.